The molecule has 0 radical (unpaired) electrons. The lowest BCUT2D eigenvalue weighted by molar-refractivity contribution is 0.500. The summed E-state index contributed by atoms with van der Waals surface area (Å²) in [6, 6.07) is 0. The number of anilines is 1. The predicted molar refractivity (Wildman–Crippen MR) is 78.3 cm³/mol. The van der Waals surface area contributed by atoms with E-state index in [1.165, 1.54) is 5.01 Å². The predicted octanol–water partition coefficient (Wildman–Crippen LogP) is 2.62. The highest BCUT2D eigenvalue weighted by Crippen LogP contribution is 2.26. The number of thiazole rings is 1. The second-order valence-corrected chi connectivity index (χ2v) is 6.66. The Hall–Kier alpha value is -1.43. The van der Waals surface area contributed by atoms with Gasteiger partial charge >= 0.3 is 0 Å². The highest BCUT2D eigenvalue weighted by atomic mass is 32.1. The van der Waals surface area contributed by atoms with Crippen molar-refractivity contribution in [3.05, 3.63) is 21.8 Å². The first-order valence-electron chi connectivity index (χ1n) is 6.54. The normalized spacial score (nSPS) is 12.0. The molecule has 0 saturated heterocycles. The Bertz CT molecular complexity index is 550. The summed E-state index contributed by atoms with van der Waals surface area (Å²) in [7, 11) is 0. The van der Waals surface area contributed by atoms with Crippen molar-refractivity contribution in [3.8, 4) is 0 Å². The van der Waals surface area contributed by atoms with Gasteiger partial charge in [-0.25, -0.2) is 9.67 Å². The van der Waals surface area contributed by atoms with E-state index in [0.29, 0.717) is 12.4 Å². The third kappa shape index (κ3) is 3.12. The van der Waals surface area contributed by atoms with Gasteiger partial charge in [-0.15, -0.1) is 16.4 Å². The van der Waals surface area contributed by atoms with E-state index in [0.717, 1.165) is 24.2 Å². The fourth-order valence-electron chi connectivity index (χ4n) is 2.11. The highest BCUT2D eigenvalue weighted by Gasteiger charge is 2.24. The smallest absolute Gasteiger partial charge is 0.169 e. The zero-order chi connectivity index (χ0) is 14.0. The minimum atomic E-state index is -0.0736. The van der Waals surface area contributed by atoms with Crippen LogP contribution in [0.15, 0.2) is 5.38 Å². The highest BCUT2D eigenvalue weighted by molar-refractivity contribution is 7.09. The summed E-state index contributed by atoms with van der Waals surface area (Å²) < 4.78 is 1.86. The number of nitrogens with two attached hydrogens (primary N) is 1. The number of rotatable bonds is 4. The molecule has 2 aromatic heterocycles. The Kier molecular flexibility index (Phi) is 3.89. The standard InChI is InChI=1S/C13H21N5S/c1-5-6-10-15-9(8-19-10)7-18-11(13(2,3)4)12(14)16-17-18/h8H,5-7,14H2,1-4H3. The van der Waals surface area contributed by atoms with Crippen LogP contribution in [0.1, 0.15) is 50.5 Å². The third-order valence-electron chi connectivity index (χ3n) is 2.85. The van der Waals surface area contributed by atoms with Crippen LogP contribution in [0.3, 0.4) is 0 Å². The second kappa shape index (κ2) is 5.28. The number of aryl methyl sites for hydroxylation is 1. The molecule has 2 N–H and O–H groups in total. The van der Waals surface area contributed by atoms with Crippen molar-refractivity contribution in [2.75, 3.05) is 5.73 Å². The van der Waals surface area contributed by atoms with Crippen molar-refractivity contribution in [1.82, 2.24) is 20.0 Å². The SMILES string of the molecule is CCCc1nc(Cn2nnc(N)c2C(C)(C)C)cs1. The van der Waals surface area contributed by atoms with Crippen LogP contribution in [0, 0.1) is 0 Å². The molecule has 0 bridgehead atoms. The summed E-state index contributed by atoms with van der Waals surface area (Å²) in [4.78, 5) is 4.62. The van der Waals surface area contributed by atoms with Gasteiger partial charge in [-0.2, -0.15) is 0 Å². The molecule has 19 heavy (non-hydrogen) atoms. The van der Waals surface area contributed by atoms with E-state index >= 15 is 0 Å². The van der Waals surface area contributed by atoms with Crippen LogP contribution in [0.25, 0.3) is 0 Å². The molecule has 0 aliphatic rings. The lowest BCUT2D eigenvalue weighted by atomic mass is 9.92. The van der Waals surface area contributed by atoms with Crippen LogP contribution in [-0.4, -0.2) is 20.0 Å². The monoisotopic (exact) mass is 279 g/mol. The van der Waals surface area contributed by atoms with Gasteiger partial charge in [-0.05, 0) is 12.8 Å². The van der Waals surface area contributed by atoms with E-state index in [4.69, 9.17) is 5.73 Å². The molecular weight excluding hydrogens is 258 g/mol. The molecule has 104 valence electrons. The van der Waals surface area contributed by atoms with Crippen LogP contribution in [-0.2, 0) is 18.4 Å². The van der Waals surface area contributed by atoms with Crippen molar-refractivity contribution in [3.63, 3.8) is 0 Å². The van der Waals surface area contributed by atoms with Crippen molar-refractivity contribution < 1.29 is 0 Å². The molecule has 0 aliphatic carbocycles. The van der Waals surface area contributed by atoms with Gasteiger partial charge in [0, 0.05) is 10.8 Å². The number of nitrogen functional groups attached to an aromatic ring is 1. The minimum Gasteiger partial charge on any atom is -0.381 e. The summed E-state index contributed by atoms with van der Waals surface area (Å²) in [6.45, 7) is 9.14. The molecule has 5 nitrogen and oxygen atoms in total. The molecular formula is C13H21N5S. The van der Waals surface area contributed by atoms with Crippen LogP contribution in [0.5, 0.6) is 0 Å². The fraction of sp³-hybridized carbons (Fsp3) is 0.615. The maximum Gasteiger partial charge on any atom is 0.169 e. The van der Waals surface area contributed by atoms with Crippen LogP contribution < -0.4 is 5.73 Å². The van der Waals surface area contributed by atoms with Gasteiger partial charge in [0.1, 0.15) is 0 Å². The number of hydrogen-bond acceptors (Lipinski definition) is 5. The molecule has 0 atom stereocenters. The van der Waals surface area contributed by atoms with E-state index in [-0.39, 0.29) is 5.41 Å². The van der Waals surface area contributed by atoms with E-state index in [1.54, 1.807) is 11.3 Å². The maximum atomic E-state index is 5.92. The fourth-order valence-corrected chi connectivity index (χ4v) is 3.00. The zero-order valence-corrected chi connectivity index (χ0v) is 12.8. The molecule has 0 unspecified atom stereocenters. The van der Waals surface area contributed by atoms with E-state index in [9.17, 15) is 0 Å². The van der Waals surface area contributed by atoms with E-state index in [2.05, 4.69) is 48.4 Å². The lowest BCUT2D eigenvalue weighted by Gasteiger charge is -2.19. The first kappa shape index (κ1) is 14.0. The molecule has 2 rings (SSSR count). The quantitative estimate of drug-likeness (QED) is 0.934. The average molecular weight is 279 g/mol. The van der Waals surface area contributed by atoms with Gasteiger partial charge in [0.25, 0.3) is 0 Å². The number of nitrogens with zero attached hydrogens (tertiary/aromatic N) is 4. The molecule has 2 heterocycles. The molecule has 0 aliphatic heterocycles. The first-order valence-corrected chi connectivity index (χ1v) is 7.42. The summed E-state index contributed by atoms with van der Waals surface area (Å²) in [6.07, 6.45) is 2.16. The van der Waals surface area contributed by atoms with E-state index in [1.807, 2.05) is 4.68 Å². The van der Waals surface area contributed by atoms with E-state index < -0.39 is 0 Å². The molecule has 0 fully saturated rings. The maximum absolute atomic E-state index is 5.92. The molecule has 2 aromatic rings. The van der Waals surface area contributed by atoms with Gasteiger partial charge in [0.05, 0.1) is 22.9 Å². The van der Waals surface area contributed by atoms with Crippen LogP contribution in [0.4, 0.5) is 5.82 Å². The Morgan fingerprint density at radius 3 is 2.74 bits per heavy atom. The molecule has 0 amide bonds. The van der Waals surface area contributed by atoms with Gasteiger partial charge in [-0.1, -0.05) is 32.9 Å². The Morgan fingerprint density at radius 1 is 1.37 bits per heavy atom. The van der Waals surface area contributed by atoms with Gasteiger partial charge in [0.15, 0.2) is 5.82 Å². The number of aromatic nitrogens is 4. The largest absolute Gasteiger partial charge is 0.381 e. The first-order chi connectivity index (χ1) is 8.91. The Labute approximate surface area is 117 Å². The van der Waals surface area contributed by atoms with Crippen molar-refractivity contribution in [2.24, 2.45) is 0 Å². The van der Waals surface area contributed by atoms with Gasteiger partial charge in [-0.3, -0.25) is 0 Å². The summed E-state index contributed by atoms with van der Waals surface area (Å²) in [5.41, 5.74) is 7.85. The topological polar surface area (TPSA) is 69.6 Å². The van der Waals surface area contributed by atoms with Crippen LogP contribution >= 0.6 is 11.3 Å². The van der Waals surface area contributed by atoms with Gasteiger partial charge in [0.2, 0.25) is 0 Å². The van der Waals surface area contributed by atoms with Crippen molar-refractivity contribution >= 4 is 17.2 Å². The molecule has 6 heteroatoms. The molecule has 0 aromatic carbocycles. The van der Waals surface area contributed by atoms with Gasteiger partial charge < -0.3 is 5.73 Å². The summed E-state index contributed by atoms with van der Waals surface area (Å²) >= 11 is 1.71. The van der Waals surface area contributed by atoms with Crippen molar-refractivity contribution in [1.29, 1.82) is 0 Å². The lowest BCUT2D eigenvalue weighted by Crippen LogP contribution is -2.20. The van der Waals surface area contributed by atoms with Crippen LogP contribution in [0.2, 0.25) is 0 Å². The minimum absolute atomic E-state index is 0.0736. The molecule has 0 saturated carbocycles. The Balaban J connectivity index is 2.23. The zero-order valence-electron chi connectivity index (χ0n) is 12.0. The second-order valence-electron chi connectivity index (χ2n) is 5.71. The number of hydrogen-bond donors (Lipinski definition) is 1. The summed E-state index contributed by atoms with van der Waals surface area (Å²) in [5.74, 6) is 0.511. The Morgan fingerprint density at radius 2 is 2.11 bits per heavy atom. The third-order valence-corrected chi connectivity index (χ3v) is 3.80. The average Bonchev–Trinajstić information content (AvgIpc) is 2.86. The van der Waals surface area contributed by atoms with Crippen molar-refractivity contribution in [2.45, 2.75) is 52.5 Å². The molecule has 0 spiro atoms. The summed E-state index contributed by atoms with van der Waals surface area (Å²) in [5, 5.41) is 11.4.